The highest BCUT2D eigenvalue weighted by atomic mass is 15.2. The van der Waals surface area contributed by atoms with Crippen LogP contribution in [0.1, 0.15) is 48.0 Å². The summed E-state index contributed by atoms with van der Waals surface area (Å²) >= 11 is 0. The van der Waals surface area contributed by atoms with Crippen molar-refractivity contribution in [2.45, 2.75) is 38.5 Å². The quantitative estimate of drug-likeness (QED) is 0.176. The highest BCUT2D eigenvalue weighted by molar-refractivity contribution is 5.75. The molecule has 3 aromatic heterocycles. The van der Waals surface area contributed by atoms with Gasteiger partial charge in [-0.25, -0.2) is 9.55 Å². The molecule has 6 heteroatoms. The third-order valence-electron chi connectivity index (χ3n) is 10.1. The van der Waals surface area contributed by atoms with E-state index < -0.39 is 0 Å². The summed E-state index contributed by atoms with van der Waals surface area (Å²) in [6.07, 6.45) is 5.55. The summed E-state index contributed by atoms with van der Waals surface area (Å²) in [5, 5.41) is 0. The third-order valence-corrected chi connectivity index (χ3v) is 10.1. The summed E-state index contributed by atoms with van der Waals surface area (Å²) in [7, 11) is 0. The van der Waals surface area contributed by atoms with Gasteiger partial charge >= 0.3 is 5.65 Å². The van der Waals surface area contributed by atoms with Crippen LogP contribution in [0.4, 0.5) is 0 Å². The van der Waals surface area contributed by atoms with Gasteiger partial charge in [-0.1, -0.05) is 91.9 Å². The van der Waals surface area contributed by atoms with Crippen molar-refractivity contribution < 1.29 is 9.13 Å². The highest BCUT2D eigenvalue weighted by Gasteiger charge is 2.41. The van der Waals surface area contributed by atoms with E-state index in [0.29, 0.717) is 5.92 Å². The fourth-order valence-corrected chi connectivity index (χ4v) is 8.04. The predicted octanol–water partition coefficient (Wildman–Crippen LogP) is 8.06. The van der Waals surface area contributed by atoms with Crippen molar-refractivity contribution in [2.24, 2.45) is 0 Å². The van der Waals surface area contributed by atoms with Gasteiger partial charge in [0, 0.05) is 12.8 Å². The minimum absolute atomic E-state index is 0.220. The second kappa shape index (κ2) is 11.4. The molecule has 0 bridgehead atoms. The minimum Gasteiger partial charge on any atom is -0.215 e. The Morgan fingerprint density at radius 2 is 1.25 bits per heavy atom. The van der Waals surface area contributed by atoms with E-state index in [1.807, 2.05) is 0 Å². The maximum absolute atomic E-state index is 4.87. The molecule has 0 amide bonds. The molecule has 2 unspecified atom stereocenters. The monoisotopic (exact) mass is 624 g/mol. The van der Waals surface area contributed by atoms with Gasteiger partial charge in [0.1, 0.15) is 28.9 Å². The summed E-state index contributed by atoms with van der Waals surface area (Å²) in [6, 6.07) is 47.8. The lowest BCUT2D eigenvalue weighted by Gasteiger charge is -2.30. The second-order valence-electron chi connectivity index (χ2n) is 12.7. The number of aromatic nitrogens is 6. The summed E-state index contributed by atoms with van der Waals surface area (Å²) in [6.45, 7) is 4.61. The third kappa shape index (κ3) is 4.33. The van der Waals surface area contributed by atoms with E-state index in [1.165, 1.54) is 50.9 Å². The molecule has 1 aliphatic heterocycles. The number of para-hydroxylation sites is 6. The molecule has 0 saturated carbocycles. The van der Waals surface area contributed by atoms with Gasteiger partial charge < -0.3 is 0 Å². The first-order chi connectivity index (χ1) is 23.7. The van der Waals surface area contributed by atoms with Crippen molar-refractivity contribution >= 4 is 22.3 Å². The summed E-state index contributed by atoms with van der Waals surface area (Å²) < 4.78 is 9.47. The van der Waals surface area contributed by atoms with Crippen molar-refractivity contribution in [1.29, 1.82) is 0 Å². The molecule has 9 rings (SSSR count). The van der Waals surface area contributed by atoms with E-state index in [0.717, 1.165) is 29.8 Å². The fraction of sp³-hybridized carbons (Fsp3) is 0.143. The molecule has 5 aromatic carbocycles. The van der Waals surface area contributed by atoms with Crippen LogP contribution in [0, 0.1) is 6.92 Å². The van der Waals surface area contributed by atoms with Crippen molar-refractivity contribution in [3.8, 4) is 22.7 Å². The maximum Gasteiger partial charge on any atom is 0.327 e. The lowest BCUT2D eigenvalue weighted by molar-refractivity contribution is -0.585. The van der Waals surface area contributed by atoms with Gasteiger partial charge in [0.2, 0.25) is 5.82 Å². The van der Waals surface area contributed by atoms with Crippen molar-refractivity contribution in [1.82, 2.24) is 19.1 Å². The standard InChI is InChI=1S/C42H36N6/c1-29-34(35-20-10-12-22-37(35)48-41-40(43-27-28-44-41)47(42(29)48)33-18-7-4-8-19-33)26-25-31-15-9-11-21-36(31)46-30(2)45(32-16-5-3-6-17-32)38-23-13-14-24-39(38)46/h3-24,27-29,34H,25-26H2,1-2H3/q+2. The first kappa shape index (κ1) is 28.4. The second-order valence-corrected chi connectivity index (χ2v) is 12.7. The smallest absolute Gasteiger partial charge is 0.215 e. The lowest BCUT2D eigenvalue weighted by atomic mass is 9.79. The van der Waals surface area contributed by atoms with E-state index in [9.17, 15) is 0 Å². The Morgan fingerprint density at radius 1 is 0.625 bits per heavy atom. The van der Waals surface area contributed by atoms with Crippen molar-refractivity contribution in [3.63, 3.8) is 0 Å². The maximum atomic E-state index is 4.87. The van der Waals surface area contributed by atoms with Crippen LogP contribution in [-0.4, -0.2) is 19.1 Å². The highest BCUT2D eigenvalue weighted by Crippen LogP contribution is 2.43. The molecule has 0 N–H and O–H groups in total. The molecule has 6 nitrogen and oxygen atoms in total. The molecule has 48 heavy (non-hydrogen) atoms. The molecule has 4 heterocycles. The summed E-state index contributed by atoms with van der Waals surface area (Å²) in [4.78, 5) is 9.74. The van der Waals surface area contributed by atoms with Crippen LogP contribution < -0.4 is 9.13 Å². The molecular weight excluding hydrogens is 589 g/mol. The molecule has 232 valence electrons. The van der Waals surface area contributed by atoms with Gasteiger partial charge in [-0.3, -0.25) is 0 Å². The van der Waals surface area contributed by atoms with E-state index >= 15 is 0 Å². The van der Waals surface area contributed by atoms with E-state index in [4.69, 9.17) is 9.97 Å². The Kier molecular flexibility index (Phi) is 6.75. The van der Waals surface area contributed by atoms with Gasteiger partial charge in [0.15, 0.2) is 11.0 Å². The Labute approximate surface area is 279 Å². The number of aryl methyl sites for hydroxylation is 1. The molecule has 0 fully saturated rings. The lowest BCUT2D eigenvalue weighted by Crippen LogP contribution is -2.43. The van der Waals surface area contributed by atoms with E-state index in [2.05, 4.69) is 166 Å². The summed E-state index contributed by atoms with van der Waals surface area (Å²) in [5.74, 6) is 2.92. The zero-order valence-electron chi connectivity index (χ0n) is 27.1. The van der Waals surface area contributed by atoms with Crippen LogP contribution in [0.15, 0.2) is 146 Å². The molecular formula is C42H36N6+2. The number of hydrogen-bond donors (Lipinski definition) is 0. The Bertz CT molecular complexity index is 2410. The van der Waals surface area contributed by atoms with Crippen LogP contribution in [0.2, 0.25) is 0 Å². The van der Waals surface area contributed by atoms with Crippen LogP contribution in [0.5, 0.6) is 0 Å². The van der Waals surface area contributed by atoms with Crippen LogP contribution in [-0.2, 0) is 6.42 Å². The SMILES string of the molecule is Cc1n(-c2ccccc2)c2ccccc2[n+]1-c1ccccc1CCC1c2ccccc2-[n+]2c(n(-c3ccccc3)c3nccnc32)C1C. The average molecular weight is 625 g/mol. The fourth-order valence-electron chi connectivity index (χ4n) is 8.04. The number of hydrogen-bond acceptors (Lipinski definition) is 2. The number of imidazole rings is 2. The summed E-state index contributed by atoms with van der Waals surface area (Å²) in [5.41, 5.74) is 11.6. The number of benzene rings is 5. The topological polar surface area (TPSA) is 43.4 Å². The zero-order valence-corrected chi connectivity index (χ0v) is 27.1. The Balaban J connectivity index is 1.16. The van der Waals surface area contributed by atoms with Gasteiger partial charge in [-0.05, 0) is 72.5 Å². The normalized spacial score (nSPS) is 15.5. The van der Waals surface area contributed by atoms with Gasteiger partial charge in [-0.2, -0.15) is 13.7 Å². The number of fused-ring (bicyclic) bond motifs is 6. The van der Waals surface area contributed by atoms with Gasteiger partial charge in [-0.15, -0.1) is 4.98 Å². The molecule has 0 saturated heterocycles. The minimum atomic E-state index is 0.220. The van der Waals surface area contributed by atoms with E-state index in [1.54, 1.807) is 12.4 Å². The van der Waals surface area contributed by atoms with Crippen LogP contribution in [0.3, 0.4) is 0 Å². The Hall–Kier alpha value is -5.88. The number of nitrogens with zero attached hydrogens (tertiary/aromatic N) is 6. The molecule has 0 aliphatic carbocycles. The van der Waals surface area contributed by atoms with Crippen molar-refractivity contribution in [3.05, 3.63) is 169 Å². The average Bonchev–Trinajstić information content (AvgIpc) is 3.65. The molecule has 0 spiro atoms. The zero-order chi connectivity index (χ0) is 32.2. The largest absolute Gasteiger partial charge is 0.327 e. The molecule has 8 aromatic rings. The van der Waals surface area contributed by atoms with E-state index in [-0.39, 0.29) is 5.92 Å². The molecule has 1 aliphatic rings. The van der Waals surface area contributed by atoms with Crippen molar-refractivity contribution in [2.75, 3.05) is 0 Å². The van der Waals surface area contributed by atoms with Gasteiger partial charge in [0.25, 0.3) is 11.5 Å². The first-order valence-electron chi connectivity index (χ1n) is 16.8. The van der Waals surface area contributed by atoms with Gasteiger partial charge in [0.05, 0.1) is 12.1 Å². The molecule has 2 atom stereocenters. The number of rotatable bonds is 6. The van der Waals surface area contributed by atoms with Crippen LogP contribution in [0.25, 0.3) is 45.1 Å². The van der Waals surface area contributed by atoms with Crippen LogP contribution >= 0.6 is 0 Å². The Morgan fingerprint density at radius 3 is 2.04 bits per heavy atom. The first-order valence-corrected chi connectivity index (χ1v) is 16.8. The predicted molar refractivity (Wildman–Crippen MR) is 189 cm³/mol. The molecule has 0 radical (unpaired) electrons.